The van der Waals surface area contributed by atoms with Gasteiger partial charge >= 0.3 is 18.0 Å². The maximum atomic E-state index is 10.7. The molecule has 0 fully saturated rings. The molecular formula is C8H11NO6. The van der Waals surface area contributed by atoms with Crippen LogP contribution in [0.2, 0.25) is 0 Å². The van der Waals surface area contributed by atoms with Crippen molar-refractivity contribution in [1.29, 1.82) is 0 Å². The van der Waals surface area contributed by atoms with E-state index in [0.717, 1.165) is 13.2 Å². The Morgan fingerprint density at radius 2 is 1.87 bits per heavy atom. The van der Waals surface area contributed by atoms with Crippen LogP contribution in [0.1, 0.15) is 6.42 Å². The van der Waals surface area contributed by atoms with E-state index in [0.29, 0.717) is 0 Å². The number of carboxylic acids is 1. The van der Waals surface area contributed by atoms with Crippen molar-refractivity contribution in [2.24, 2.45) is 0 Å². The third kappa shape index (κ3) is 5.29. The summed E-state index contributed by atoms with van der Waals surface area (Å²) in [5, 5.41) is 10.6. The first-order valence-electron chi connectivity index (χ1n) is 3.86. The maximum Gasteiger partial charge on any atom is 0.411 e. The summed E-state index contributed by atoms with van der Waals surface area (Å²) in [6.07, 6.45) is -0.152. The fourth-order valence-electron chi connectivity index (χ4n) is 0.622. The predicted octanol–water partition coefficient (Wildman–Crippen LogP) is -0.126. The third-order valence-corrected chi connectivity index (χ3v) is 1.35. The number of esters is 1. The number of alkyl carbamates (subject to hydrolysis) is 1. The molecule has 0 aromatic carbocycles. The van der Waals surface area contributed by atoms with Crippen LogP contribution in [0.25, 0.3) is 0 Å². The lowest BCUT2D eigenvalue weighted by Crippen LogP contribution is -2.27. The van der Waals surface area contributed by atoms with Crippen LogP contribution in [0.5, 0.6) is 0 Å². The fraction of sp³-hybridized carbons (Fsp3) is 0.375. The van der Waals surface area contributed by atoms with E-state index in [4.69, 9.17) is 5.11 Å². The number of aliphatic carboxylic acids is 1. The van der Waals surface area contributed by atoms with E-state index >= 15 is 0 Å². The van der Waals surface area contributed by atoms with Crippen molar-refractivity contribution in [3.05, 3.63) is 11.8 Å². The highest BCUT2D eigenvalue weighted by molar-refractivity contribution is 5.91. The van der Waals surface area contributed by atoms with Gasteiger partial charge in [-0.05, 0) is 6.08 Å². The molecule has 0 atom stereocenters. The molecule has 0 radical (unpaired) electrons. The van der Waals surface area contributed by atoms with Crippen molar-refractivity contribution in [2.45, 2.75) is 6.42 Å². The van der Waals surface area contributed by atoms with Gasteiger partial charge in [0.05, 0.1) is 20.6 Å². The lowest BCUT2D eigenvalue weighted by Gasteiger charge is -2.03. The number of carbonyl (C=O) groups excluding carboxylic acids is 2. The number of carbonyl (C=O) groups is 3. The summed E-state index contributed by atoms with van der Waals surface area (Å²) < 4.78 is 8.48. The summed E-state index contributed by atoms with van der Waals surface area (Å²) >= 11 is 0. The van der Waals surface area contributed by atoms with E-state index in [2.05, 4.69) is 9.47 Å². The molecular weight excluding hydrogens is 206 g/mol. The highest BCUT2D eigenvalue weighted by Gasteiger charge is 2.11. The molecule has 84 valence electrons. The monoisotopic (exact) mass is 217 g/mol. The van der Waals surface area contributed by atoms with E-state index in [-0.39, 0.29) is 6.42 Å². The third-order valence-electron chi connectivity index (χ3n) is 1.35. The molecule has 0 bridgehead atoms. The Kier molecular flexibility index (Phi) is 5.53. The Labute approximate surface area is 85.7 Å². The van der Waals surface area contributed by atoms with E-state index < -0.39 is 23.7 Å². The number of amides is 1. The summed E-state index contributed by atoms with van der Waals surface area (Å²) in [6, 6.07) is 0. The number of nitrogens with one attached hydrogen (secondary N) is 1. The Bertz CT molecular complexity index is 296. The highest BCUT2D eigenvalue weighted by atomic mass is 16.5. The van der Waals surface area contributed by atoms with Gasteiger partial charge in [0.15, 0.2) is 0 Å². The zero-order chi connectivity index (χ0) is 11.8. The summed E-state index contributed by atoms with van der Waals surface area (Å²) in [6.45, 7) is 0. The molecule has 0 aliphatic carbocycles. The minimum absolute atomic E-state index is 0.248. The topological polar surface area (TPSA) is 102 Å². The van der Waals surface area contributed by atoms with E-state index in [9.17, 15) is 14.4 Å². The van der Waals surface area contributed by atoms with Gasteiger partial charge in [-0.2, -0.15) is 0 Å². The molecule has 7 nitrogen and oxygen atoms in total. The number of methoxy groups -OCH3 is 2. The van der Waals surface area contributed by atoms with Crippen LogP contribution < -0.4 is 5.32 Å². The summed E-state index contributed by atoms with van der Waals surface area (Å²) in [4.78, 5) is 31.9. The molecule has 2 N–H and O–H groups in total. The van der Waals surface area contributed by atoms with Gasteiger partial charge in [-0.25, -0.2) is 9.59 Å². The first-order chi connectivity index (χ1) is 7.01. The Morgan fingerprint density at radius 1 is 1.27 bits per heavy atom. The van der Waals surface area contributed by atoms with Crippen LogP contribution in [-0.4, -0.2) is 37.4 Å². The minimum Gasteiger partial charge on any atom is -0.477 e. The van der Waals surface area contributed by atoms with Gasteiger partial charge in [-0.3, -0.25) is 10.1 Å². The number of hydrogen-bond donors (Lipinski definition) is 2. The van der Waals surface area contributed by atoms with Crippen molar-refractivity contribution in [3.63, 3.8) is 0 Å². The molecule has 0 aromatic rings. The van der Waals surface area contributed by atoms with E-state index in [1.807, 2.05) is 5.32 Å². The van der Waals surface area contributed by atoms with Crippen molar-refractivity contribution in [2.75, 3.05) is 14.2 Å². The van der Waals surface area contributed by atoms with Crippen LogP contribution in [0.4, 0.5) is 4.79 Å². The smallest absolute Gasteiger partial charge is 0.411 e. The van der Waals surface area contributed by atoms with Gasteiger partial charge in [0.2, 0.25) is 0 Å². The molecule has 0 saturated heterocycles. The van der Waals surface area contributed by atoms with Gasteiger partial charge < -0.3 is 14.6 Å². The Morgan fingerprint density at radius 3 is 2.27 bits per heavy atom. The van der Waals surface area contributed by atoms with Crippen LogP contribution in [0.15, 0.2) is 11.8 Å². The van der Waals surface area contributed by atoms with Crippen molar-refractivity contribution in [1.82, 2.24) is 5.32 Å². The van der Waals surface area contributed by atoms with Gasteiger partial charge in [0, 0.05) is 0 Å². The van der Waals surface area contributed by atoms with Crippen molar-refractivity contribution < 1.29 is 29.0 Å². The average Bonchev–Trinajstić information content (AvgIpc) is 2.22. The summed E-state index contributed by atoms with van der Waals surface area (Å²) in [7, 11) is 2.26. The highest BCUT2D eigenvalue weighted by Crippen LogP contribution is 1.95. The number of carboxylic acid groups (broad SMARTS) is 1. The molecule has 1 amide bonds. The SMILES string of the molecule is COC(=O)C/C=C(/NC(=O)OC)C(=O)O. The van der Waals surface area contributed by atoms with Gasteiger partial charge in [0.25, 0.3) is 0 Å². The van der Waals surface area contributed by atoms with Gasteiger partial charge in [0.1, 0.15) is 5.70 Å². The minimum atomic E-state index is -1.37. The van der Waals surface area contributed by atoms with E-state index in [1.54, 1.807) is 0 Å². The van der Waals surface area contributed by atoms with Crippen molar-refractivity contribution >= 4 is 18.0 Å². The van der Waals surface area contributed by atoms with Crippen LogP contribution in [-0.2, 0) is 19.1 Å². The zero-order valence-electron chi connectivity index (χ0n) is 8.27. The van der Waals surface area contributed by atoms with E-state index in [1.165, 1.54) is 7.11 Å². The summed E-state index contributed by atoms with van der Waals surface area (Å²) in [5.41, 5.74) is -0.438. The lowest BCUT2D eigenvalue weighted by molar-refractivity contribution is -0.139. The predicted molar refractivity (Wildman–Crippen MR) is 47.9 cm³/mol. The second kappa shape index (κ2) is 6.41. The zero-order valence-corrected chi connectivity index (χ0v) is 8.27. The normalized spacial score (nSPS) is 10.4. The lowest BCUT2D eigenvalue weighted by atomic mass is 10.3. The second-order valence-corrected chi connectivity index (χ2v) is 2.32. The number of hydrogen-bond acceptors (Lipinski definition) is 5. The molecule has 7 heteroatoms. The van der Waals surface area contributed by atoms with Gasteiger partial charge in [-0.1, -0.05) is 0 Å². The molecule has 0 unspecified atom stereocenters. The van der Waals surface area contributed by atoms with Crippen LogP contribution in [0.3, 0.4) is 0 Å². The average molecular weight is 217 g/mol. The molecule has 0 rings (SSSR count). The van der Waals surface area contributed by atoms with Crippen LogP contribution >= 0.6 is 0 Å². The summed E-state index contributed by atoms with van der Waals surface area (Å²) in [5.74, 6) is -1.98. The molecule has 0 aromatic heterocycles. The fourth-order valence-corrected chi connectivity index (χ4v) is 0.622. The van der Waals surface area contributed by atoms with Crippen LogP contribution in [0, 0.1) is 0 Å². The number of ether oxygens (including phenoxy) is 2. The molecule has 0 aliphatic rings. The molecule has 0 aliphatic heterocycles. The van der Waals surface area contributed by atoms with Crippen molar-refractivity contribution in [3.8, 4) is 0 Å². The second-order valence-electron chi connectivity index (χ2n) is 2.32. The standard InChI is InChI=1S/C8H11NO6/c1-14-6(10)4-3-5(7(11)12)9-8(13)15-2/h3H,4H2,1-2H3,(H,9,13)(H,11,12)/b5-3+. The first kappa shape index (κ1) is 12.9. The quantitative estimate of drug-likeness (QED) is 0.502. The molecule has 15 heavy (non-hydrogen) atoms. The Hall–Kier alpha value is -2.05. The van der Waals surface area contributed by atoms with Gasteiger partial charge in [-0.15, -0.1) is 0 Å². The molecule has 0 spiro atoms. The number of rotatable bonds is 4. The first-order valence-corrected chi connectivity index (χ1v) is 3.86. The molecule has 0 saturated carbocycles. The maximum absolute atomic E-state index is 10.7. The largest absolute Gasteiger partial charge is 0.477 e. The Balaban J connectivity index is 4.45. The molecule has 0 heterocycles.